The van der Waals surface area contributed by atoms with Gasteiger partial charge in [-0.05, 0) is 75.5 Å². The minimum absolute atomic E-state index is 0.0550. The van der Waals surface area contributed by atoms with Crippen LogP contribution in [-0.4, -0.2) is 59.2 Å². The third kappa shape index (κ3) is 5.08. The largest absolute Gasteiger partial charge is 0.417 e. The fourth-order valence-electron chi connectivity index (χ4n) is 6.51. The van der Waals surface area contributed by atoms with Crippen molar-refractivity contribution in [1.29, 1.82) is 0 Å². The van der Waals surface area contributed by atoms with E-state index in [0.29, 0.717) is 41.5 Å². The van der Waals surface area contributed by atoms with Crippen molar-refractivity contribution in [2.24, 2.45) is 17.3 Å². The average Bonchev–Trinajstić information content (AvgIpc) is 3.20. The van der Waals surface area contributed by atoms with Crippen LogP contribution in [0.5, 0.6) is 0 Å². The maximum Gasteiger partial charge on any atom is 0.417 e. The molecule has 0 aromatic carbocycles. The summed E-state index contributed by atoms with van der Waals surface area (Å²) in [5.41, 5.74) is 1.34. The first-order valence-electron chi connectivity index (χ1n) is 12.8. The average molecular weight is 525 g/mol. The van der Waals surface area contributed by atoms with E-state index in [4.69, 9.17) is 5.10 Å². The molecule has 1 aliphatic heterocycles. The quantitative estimate of drug-likeness (QED) is 0.499. The third-order valence-corrected chi connectivity index (χ3v) is 9.50. The molecule has 0 unspecified atom stereocenters. The van der Waals surface area contributed by atoms with Crippen LogP contribution >= 0.6 is 0 Å². The molecule has 3 fully saturated rings. The Morgan fingerprint density at radius 1 is 1.17 bits per heavy atom. The van der Waals surface area contributed by atoms with Gasteiger partial charge >= 0.3 is 6.18 Å². The van der Waals surface area contributed by atoms with E-state index in [1.807, 2.05) is 24.6 Å². The molecule has 36 heavy (non-hydrogen) atoms. The number of hydrogen-bond donors (Lipinski definition) is 0. The van der Waals surface area contributed by atoms with Crippen LogP contribution in [0, 0.1) is 17.3 Å². The van der Waals surface area contributed by atoms with Gasteiger partial charge in [0.2, 0.25) is 0 Å². The van der Waals surface area contributed by atoms with Gasteiger partial charge in [-0.3, -0.25) is 14.6 Å². The number of alkyl halides is 3. The normalized spacial score (nSPS) is 30.8. The second-order valence-electron chi connectivity index (χ2n) is 11.8. The molecule has 0 N–H and O–H groups in total. The van der Waals surface area contributed by atoms with Crippen LogP contribution in [0.4, 0.5) is 13.2 Å². The van der Waals surface area contributed by atoms with Crippen molar-refractivity contribution in [1.82, 2.24) is 19.7 Å². The Morgan fingerprint density at radius 3 is 2.47 bits per heavy atom. The van der Waals surface area contributed by atoms with E-state index >= 15 is 0 Å². The van der Waals surface area contributed by atoms with Crippen LogP contribution in [0.3, 0.4) is 0 Å². The van der Waals surface area contributed by atoms with Crippen molar-refractivity contribution in [3.05, 3.63) is 35.8 Å². The minimum Gasteiger partial charge on any atom is -0.300 e. The van der Waals surface area contributed by atoms with Crippen molar-refractivity contribution >= 4 is 9.84 Å². The highest BCUT2D eigenvalue weighted by Crippen LogP contribution is 2.64. The van der Waals surface area contributed by atoms with Gasteiger partial charge in [0.05, 0.1) is 17.0 Å². The van der Waals surface area contributed by atoms with Gasteiger partial charge in [-0.2, -0.15) is 18.3 Å². The molecule has 1 saturated heterocycles. The van der Waals surface area contributed by atoms with Gasteiger partial charge in [0.15, 0.2) is 0 Å². The number of likely N-dealkylation sites (tertiary alicyclic amines) is 1. The highest BCUT2D eigenvalue weighted by Gasteiger charge is 2.59. The maximum absolute atomic E-state index is 13.2. The van der Waals surface area contributed by atoms with E-state index in [1.165, 1.54) is 12.5 Å². The first-order valence-corrected chi connectivity index (χ1v) is 14.8. The summed E-state index contributed by atoms with van der Waals surface area (Å²) in [5, 5.41) is 4.70. The molecule has 0 radical (unpaired) electrons. The van der Waals surface area contributed by atoms with Gasteiger partial charge in [0.25, 0.3) is 0 Å². The Labute approximate surface area is 211 Å². The third-order valence-electron chi connectivity index (χ3n) is 8.56. The van der Waals surface area contributed by atoms with Crippen molar-refractivity contribution in [3.8, 4) is 11.3 Å². The highest BCUT2D eigenvalue weighted by atomic mass is 32.2. The monoisotopic (exact) mass is 524 g/mol. The fourth-order valence-corrected chi connectivity index (χ4v) is 7.37. The topological polar surface area (TPSA) is 68.1 Å². The standard InChI is InChI=1S/C26H35F3N4O2S/c1-16(2)33-23(12-22(31-33)17-9-18(14-30-13-17)26(27,28)29)24-20-10-19(11-21(20)24)32-7-5-25(3,15-32)6-8-36(4,34)35/h9,12-14,16,19-21,24H,5-8,10-11,15H2,1-4H3/t19-,20+,21-,24-,25-/m1/s1. The zero-order valence-corrected chi connectivity index (χ0v) is 22.1. The summed E-state index contributed by atoms with van der Waals surface area (Å²) in [4.78, 5) is 6.37. The van der Waals surface area contributed by atoms with E-state index in [2.05, 4.69) is 16.8 Å². The fraction of sp³-hybridized carbons (Fsp3) is 0.692. The molecule has 2 aromatic heterocycles. The van der Waals surface area contributed by atoms with E-state index in [1.54, 1.807) is 0 Å². The molecule has 0 bridgehead atoms. The molecule has 10 heteroatoms. The molecular weight excluding hydrogens is 489 g/mol. The molecular formula is C26H35F3N4O2S. The predicted octanol–water partition coefficient (Wildman–Crippen LogP) is 5.18. The number of rotatable bonds is 7. The maximum atomic E-state index is 13.2. The van der Waals surface area contributed by atoms with Crippen LogP contribution in [-0.2, 0) is 16.0 Å². The van der Waals surface area contributed by atoms with Crippen LogP contribution < -0.4 is 0 Å². The summed E-state index contributed by atoms with van der Waals surface area (Å²) in [7, 11) is -2.95. The van der Waals surface area contributed by atoms with Crippen LogP contribution in [0.1, 0.15) is 69.7 Å². The lowest BCUT2D eigenvalue weighted by molar-refractivity contribution is -0.137. The van der Waals surface area contributed by atoms with Gasteiger partial charge < -0.3 is 0 Å². The van der Waals surface area contributed by atoms with Crippen LogP contribution in [0.15, 0.2) is 24.5 Å². The number of aromatic nitrogens is 3. The highest BCUT2D eigenvalue weighted by molar-refractivity contribution is 7.90. The number of sulfone groups is 1. The Balaban J connectivity index is 1.27. The van der Waals surface area contributed by atoms with E-state index in [9.17, 15) is 21.6 Å². The summed E-state index contributed by atoms with van der Waals surface area (Å²) in [6.45, 7) is 8.28. The Bertz CT molecular complexity index is 1230. The van der Waals surface area contributed by atoms with Crippen molar-refractivity contribution < 1.29 is 21.6 Å². The zero-order chi connectivity index (χ0) is 26.0. The molecule has 5 atom stereocenters. The molecule has 5 rings (SSSR count). The molecule has 3 heterocycles. The van der Waals surface area contributed by atoms with Gasteiger partial charge in [0, 0.05) is 54.5 Å². The molecule has 3 aliphatic rings. The van der Waals surface area contributed by atoms with Gasteiger partial charge in [0.1, 0.15) is 9.84 Å². The second kappa shape index (κ2) is 8.82. The Morgan fingerprint density at radius 2 is 1.86 bits per heavy atom. The molecule has 0 amide bonds. The first-order chi connectivity index (χ1) is 16.7. The van der Waals surface area contributed by atoms with Gasteiger partial charge in [-0.25, -0.2) is 8.42 Å². The van der Waals surface area contributed by atoms with Crippen molar-refractivity contribution in [2.45, 2.75) is 70.6 Å². The number of halogens is 3. The number of pyridine rings is 1. The minimum atomic E-state index is -4.44. The summed E-state index contributed by atoms with van der Waals surface area (Å²) >= 11 is 0. The molecule has 6 nitrogen and oxygen atoms in total. The molecule has 198 valence electrons. The lowest BCUT2D eigenvalue weighted by Crippen LogP contribution is -2.35. The van der Waals surface area contributed by atoms with Crippen LogP contribution in [0.25, 0.3) is 11.3 Å². The number of nitrogens with zero attached hydrogens (tertiary/aromatic N) is 4. The number of hydrogen-bond acceptors (Lipinski definition) is 5. The van der Waals surface area contributed by atoms with Crippen molar-refractivity contribution in [2.75, 3.05) is 25.1 Å². The summed E-state index contributed by atoms with van der Waals surface area (Å²) in [5.74, 6) is 1.78. The second-order valence-corrected chi connectivity index (χ2v) is 14.1. The molecule has 2 aliphatic carbocycles. The van der Waals surface area contributed by atoms with Gasteiger partial charge in [-0.1, -0.05) is 6.92 Å². The van der Waals surface area contributed by atoms with Crippen LogP contribution in [0.2, 0.25) is 0 Å². The summed E-state index contributed by atoms with van der Waals surface area (Å²) in [6.07, 6.45) is 3.14. The molecule has 2 aromatic rings. The SMILES string of the molecule is CC(C)n1nc(-c2cncc(C(F)(F)F)c2)cc1[C@H]1[C@@H]2C[C@H](N3CC[C@](C)(CCS(C)(=O)=O)C3)C[C@@H]21. The van der Waals surface area contributed by atoms with E-state index in [-0.39, 0.29) is 17.2 Å². The lowest BCUT2D eigenvalue weighted by Gasteiger charge is -2.29. The predicted molar refractivity (Wildman–Crippen MR) is 132 cm³/mol. The van der Waals surface area contributed by atoms with Crippen molar-refractivity contribution in [3.63, 3.8) is 0 Å². The van der Waals surface area contributed by atoms with Gasteiger partial charge in [-0.15, -0.1) is 0 Å². The smallest absolute Gasteiger partial charge is 0.300 e. The Kier molecular flexibility index (Phi) is 6.30. The summed E-state index contributed by atoms with van der Waals surface area (Å²) < 4.78 is 64.9. The van der Waals surface area contributed by atoms with E-state index < -0.39 is 21.6 Å². The van der Waals surface area contributed by atoms with E-state index in [0.717, 1.165) is 50.3 Å². The zero-order valence-electron chi connectivity index (χ0n) is 21.3. The summed E-state index contributed by atoms with van der Waals surface area (Å²) in [6, 6.07) is 3.73. The molecule has 2 saturated carbocycles. The molecule has 0 spiro atoms. The number of fused-ring (bicyclic) bond motifs is 1. The lowest BCUT2D eigenvalue weighted by atomic mass is 9.87. The Hall–Kier alpha value is -1.94. The first kappa shape index (κ1) is 25.7.